The van der Waals surface area contributed by atoms with E-state index >= 15 is 0 Å². The van der Waals surface area contributed by atoms with Gasteiger partial charge in [-0.25, -0.2) is 0 Å². The van der Waals surface area contributed by atoms with Crippen molar-refractivity contribution in [1.29, 1.82) is 0 Å². The van der Waals surface area contributed by atoms with Crippen molar-refractivity contribution in [3.8, 4) is 0 Å². The van der Waals surface area contributed by atoms with Gasteiger partial charge in [-0.3, -0.25) is 4.79 Å². The number of hydrogen-bond donors (Lipinski definition) is 1. The van der Waals surface area contributed by atoms with Gasteiger partial charge in [0.25, 0.3) is 0 Å². The Balaban J connectivity index is 2.21. The summed E-state index contributed by atoms with van der Waals surface area (Å²) >= 11 is 0. The first-order chi connectivity index (χ1) is 7.37. The van der Waals surface area contributed by atoms with Gasteiger partial charge in [-0.2, -0.15) is 0 Å². The monoisotopic (exact) mass is 228 g/mol. The molecule has 1 aliphatic heterocycles. The predicted molar refractivity (Wildman–Crippen MR) is 64.3 cm³/mol. The van der Waals surface area contributed by atoms with Crippen LogP contribution in [-0.2, 0) is 9.53 Å². The normalized spacial score (nSPS) is 23.1. The second-order valence-corrected chi connectivity index (χ2v) is 5.80. The fourth-order valence-electron chi connectivity index (χ4n) is 1.76. The number of carbonyl (C=O) groups excluding carboxylic acids is 1. The van der Waals surface area contributed by atoms with E-state index in [4.69, 9.17) is 4.74 Å². The maximum atomic E-state index is 11.6. The van der Waals surface area contributed by atoms with Gasteiger partial charge >= 0.3 is 0 Å². The fourth-order valence-corrected chi connectivity index (χ4v) is 1.76. The van der Waals surface area contributed by atoms with Crippen LogP contribution >= 0.6 is 0 Å². The fraction of sp³-hybridized carbons (Fsp3) is 0.917. The zero-order valence-corrected chi connectivity index (χ0v) is 10.9. The highest BCUT2D eigenvalue weighted by molar-refractivity contribution is 5.76. The summed E-state index contributed by atoms with van der Waals surface area (Å²) in [6.07, 6.45) is 0.706. The summed E-state index contributed by atoms with van der Waals surface area (Å²) in [5, 5.41) is 2.94. The van der Waals surface area contributed by atoms with Gasteiger partial charge in [0.2, 0.25) is 5.91 Å². The second-order valence-electron chi connectivity index (χ2n) is 5.80. The Labute approximate surface area is 98.3 Å². The third-order valence-corrected chi connectivity index (χ3v) is 2.56. The summed E-state index contributed by atoms with van der Waals surface area (Å²) in [5.74, 6) is 0.115. The molecule has 1 atom stereocenters. The predicted octanol–water partition coefficient (Wildman–Crippen LogP) is 0.869. The van der Waals surface area contributed by atoms with Gasteiger partial charge in [0, 0.05) is 26.1 Å². The highest BCUT2D eigenvalue weighted by Gasteiger charge is 2.20. The number of rotatable bonds is 3. The van der Waals surface area contributed by atoms with Gasteiger partial charge in [-0.15, -0.1) is 0 Å². The van der Waals surface area contributed by atoms with Gasteiger partial charge in [-0.1, -0.05) is 20.8 Å². The number of hydrogen-bond acceptors (Lipinski definition) is 3. The zero-order valence-electron chi connectivity index (χ0n) is 10.9. The summed E-state index contributed by atoms with van der Waals surface area (Å²) < 4.78 is 5.57. The Kier molecular flexibility index (Phi) is 4.74. The van der Waals surface area contributed by atoms with Crippen LogP contribution in [0.25, 0.3) is 0 Å². The molecule has 1 heterocycles. The Morgan fingerprint density at radius 1 is 1.50 bits per heavy atom. The third-order valence-electron chi connectivity index (χ3n) is 2.56. The molecule has 1 unspecified atom stereocenters. The van der Waals surface area contributed by atoms with Crippen LogP contribution in [0.1, 0.15) is 27.2 Å². The molecular formula is C12H24N2O2. The molecule has 1 saturated heterocycles. The molecule has 16 heavy (non-hydrogen) atoms. The molecule has 0 aromatic carbocycles. The first-order valence-electron chi connectivity index (χ1n) is 5.94. The van der Waals surface area contributed by atoms with Gasteiger partial charge in [0.15, 0.2) is 0 Å². The number of ether oxygens (including phenoxy) is 1. The Bertz CT molecular complexity index is 236. The van der Waals surface area contributed by atoms with Crippen molar-refractivity contribution in [2.45, 2.75) is 33.3 Å². The lowest BCUT2D eigenvalue weighted by molar-refractivity contribution is -0.123. The van der Waals surface area contributed by atoms with E-state index in [1.165, 1.54) is 0 Å². The molecule has 4 heteroatoms. The van der Waals surface area contributed by atoms with E-state index in [1.807, 2.05) is 0 Å². The van der Waals surface area contributed by atoms with Crippen molar-refractivity contribution in [3.05, 3.63) is 0 Å². The summed E-state index contributed by atoms with van der Waals surface area (Å²) in [4.78, 5) is 13.8. The van der Waals surface area contributed by atoms with E-state index < -0.39 is 0 Å². The number of carbonyl (C=O) groups is 1. The van der Waals surface area contributed by atoms with Crippen LogP contribution in [0.2, 0.25) is 0 Å². The Hall–Kier alpha value is -0.610. The quantitative estimate of drug-likeness (QED) is 0.779. The Morgan fingerprint density at radius 3 is 2.75 bits per heavy atom. The molecule has 0 aliphatic carbocycles. The number of nitrogens with one attached hydrogen (secondary N) is 1. The van der Waals surface area contributed by atoms with Crippen LogP contribution in [0.3, 0.4) is 0 Å². The topological polar surface area (TPSA) is 41.6 Å². The average molecular weight is 228 g/mol. The van der Waals surface area contributed by atoms with Crippen LogP contribution in [0.15, 0.2) is 0 Å². The van der Waals surface area contributed by atoms with E-state index in [0.29, 0.717) is 13.0 Å². The van der Waals surface area contributed by atoms with Gasteiger partial charge in [0.05, 0.1) is 12.7 Å². The first-order valence-corrected chi connectivity index (χ1v) is 5.94. The maximum Gasteiger partial charge on any atom is 0.220 e. The minimum Gasteiger partial charge on any atom is -0.374 e. The average Bonchev–Trinajstić information content (AvgIpc) is 2.12. The molecule has 0 saturated carbocycles. The zero-order chi connectivity index (χ0) is 12.2. The minimum atomic E-state index is 0.0499. The number of likely N-dealkylation sites (N-methyl/N-ethyl adjacent to an activating group) is 1. The molecular weight excluding hydrogens is 204 g/mol. The van der Waals surface area contributed by atoms with Crippen LogP contribution in [0, 0.1) is 5.41 Å². The van der Waals surface area contributed by atoms with Crippen LogP contribution in [0.4, 0.5) is 0 Å². The van der Waals surface area contributed by atoms with Gasteiger partial charge < -0.3 is 15.0 Å². The minimum absolute atomic E-state index is 0.0499. The smallest absolute Gasteiger partial charge is 0.220 e. The molecule has 0 radical (unpaired) electrons. The van der Waals surface area contributed by atoms with Crippen molar-refractivity contribution >= 4 is 5.91 Å². The number of amides is 1. The highest BCUT2D eigenvalue weighted by Crippen LogP contribution is 2.17. The molecule has 1 fully saturated rings. The first kappa shape index (κ1) is 13.5. The maximum absolute atomic E-state index is 11.6. The Morgan fingerprint density at radius 2 is 2.19 bits per heavy atom. The molecule has 1 aliphatic rings. The summed E-state index contributed by atoms with van der Waals surface area (Å²) in [6.45, 7) is 9.46. The van der Waals surface area contributed by atoms with E-state index in [9.17, 15) is 4.79 Å². The van der Waals surface area contributed by atoms with Gasteiger partial charge in [-0.05, 0) is 12.5 Å². The second kappa shape index (κ2) is 5.64. The molecule has 0 aromatic rings. The van der Waals surface area contributed by atoms with E-state index in [-0.39, 0.29) is 17.4 Å². The van der Waals surface area contributed by atoms with Crippen molar-refractivity contribution in [1.82, 2.24) is 10.2 Å². The van der Waals surface area contributed by atoms with Crippen LogP contribution in [0.5, 0.6) is 0 Å². The van der Waals surface area contributed by atoms with Crippen LogP contribution < -0.4 is 5.32 Å². The van der Waals surface area contributed by atoms with Crippen molar-refractivity contribution in [3.63, 3.8) is 0 Å². The molecule has 4 nitrogen and oxygen atoms in total. The van der Waals surface area contributed by atoms with E-state index in [0.717, 1.165) is 19.7 Å². The van der Waals surface area contributed by atoms with Crippen molar-refractivity contribution in [2.24, 2.45) is 5.41 Å². The lowest BCUT2D eigenvalue weighted by Gasteiger charge is -2.30. The van der Waals surface area contributed by atoms with Crippen molar-refractivity contribution < 1.29 is 9.53 Å². The number of morpholine rings is 1. The highest BCUT2D eigenvalue weighted by atomic mass is 16.5. The summed E-state index contributed by atoms with van der Waals surface area (Å²) in [7, 11) is 2.08. The summed E-state index contributed by atoms with van der Waals surface area (Å²) in [6, 6.07) is 0. The lowest BCUT2D eigenvalue weighted by Crippen LogP contribution is -2.46. The third kappa shape index (κ3) is 5.47. The van der Waals surface area contributed by atoms with Gasteiger partial charge in [0.1, 0.15) is 0 Å². The summed E-state index contributed by atoms with van der Waals surface area (Å²) in [5.41, 5.74) is 0.0499. The molecule has 1 amide bonds. The molecule has 0 bridgehead atoms. The van der Waals surface area contributed by atoms with Crippen molar-refractivity contribution in [2.75, 3.05) is 33.3 Å². The molecule has 1 N–H and O–H groups in total. The molecule has 0 aromatic heterocycles. The standard InChI is InChI=1S/C12H24N2O2/c1-12(2,3)7-11(15)13-8-10-9-14(4)5-6-16-10/h10H,5-9H2,1-4H3,(H,13,15). The van der Waals surface area contributed by atoms with E-state index in [2.05, 4.69) is 38.0 Å². The number of nitrogens with zero attached hydrogens (tertiary/aromatic N) is 1. The SMILES string of the molecule is CN1CCOC(CNC(=O)CC(C)(C)C)C1. The van der Waals surface area contributed by atoms with Crippen LogP contribution in [-0.4, -0.2) is 50.2 Å². The van der Waals surface area contributed by atoms with E-state index in [1.54, 1.807) is 0 Å². The molecule has 1 rings (SSSR count). The molecule has 94 valence electrons. The molecule has 0 spiro atoms. The lowest BCUT2D eigenvalue weighted by atomic mass is 9.92. The largest absolute Gasteiger partial charge is 0.374 e.